The van der Waals surface area contributed by atoms with Crippen molar-refractivity contribution in [2.24, 2.45) is 0 Å². The molecule has 1 atom stereocenters. The first-order chi connectivity index (χ1) is 11.1. The molecule has 1 unspecified atom stereocenters. The number of allylic oxidation sites excluding steroid dienone is 1. The van der Waals surface area contributed by atoms with E-state index in [4.69, 9.17) is 0 Å². The standard InChI is InChI=1S/C22H21N/c1-13-7-6-9-15-17-11-16-14-8-4-5-10-18(14)22(2,3)19(16)12-20(17)23-21(13)15/h4-6,8-13,23H,7H2,1-3H3. The van der Waals surface area contributed by atoms with Crippen molar-refractivity contribution in [3.05, 3.63) is 64.9 Å². The van der Waals surface area contributed by atoms with E-state index in [0.29, 0.717) is 5.92 Å². The number of fused-ring (bicyclic) bond motifs is 6. The molecule has 2 aliphatic rings. The second-order valence-corrected chi connectivity index (χ2v) is 7.61. The summed E-state index contributed by atoms with van der Waals surface area (Å²) in [7, 11) is 0. The molecule has 3 aromatic rings. The predicted octanol–water partition coefficient (Wildman–Crippen LogP) is 5.99. The molecule has 0 fully saturated rings. The van der Waals surface area contributed by atoms with Gasteiger partial charge in [-0.1, -0.05) is 57.2 Å². The lowest BCUT2D eigenvalue weighted by molar-refractivity contribution is 0.661. The minimum absolute atomic E-state index is 0.0766. The van der Waals surface area contributed by atoms with Crippen LogP contribution in [0.2, 0.25) is 0 Å². The number of hydrogen-bond donors (Lipinski definition) is 1. The molecular formula is C22H21N. The van der Waals surface area contributed by atoms with Gasteiger partial charge in [-0.3, -0.25) is 0 Å². The van der Waals surface area contributed by atoms with Crippen LogP contribution in [0, 0.1) is 0 Å². The summed E-state index contributed by atoms with van der Waals surface area (Å²) in [5.74, 6) is 0.581. The van der Waals surface area contributed by atoms with E-state index < -0.39 is 0 Å². The Hall–Kier alpha value is -2.28. The Kier molecular flexibility index (Phi) is 2.39. The van der Waals surface area contributed by atoms with Crippen molar-refractivity contribution in [1.82, 2.24) is 4.98 Å². The molecule has 2 aromatic carbocycles. The zero-order valence-electron chi connectivity index (χ0n) is 13.9. The highest BCUT2D eigenvalue weighted by molar-refractivity contribution is 5.98. The number of benzene rings is 2. The summed E-state index contributed by atoms with van der Waals surface area (Å²) in [6.07, 6.45) is 5.74. The first kappa shape index (κ1) is 13.2. The topological polar surface area (TPSA) is 15.8 Å². The third-order valence-corrected chi connectivity index (χ3v) is 5.84. The number of H-pyrrole nitrogens is 1. The highest BCUT2D eigenvalue weighted by Crippen LogP contribution is 2.50. The van der Waals surface area contributed by atoms with E-state index in [1.54, 1.807) is 0 Å². The highest BCUT2D eigenvalue weighted by Gasteiger charge is 2.36. The van der Waals surface area contributed by atoms with Gasteiger partial charge in [0, 0.05) is 33.5 Å². The van der Waals surface area contributed by atoms with Crippen molar-refractivity contribution in [3.63, 3.8) is 0 Å². The van der Waals surface area contributed by atoms with E-state index >= 15 is 0 Å². The highest BCUT2D eigenvalue weighted by atomic mass is 14.7. The molecule has 0 saturated carbocycles. The quantitative estimate of drug-likeness (QED) is 0.524. The molecule has 114 valence electrons. The van der Waals surface area contributed by atoms with Crippen molar-refractivity contribution < 1.29 is 0 Å². The number of hydrogen-bond acceptors (Lipinski definition) is 0. The van der Waals surface area contributed by atoms with Crippen LogP contribution in [0.15, 0.2) is 42.5 Å². The maximum Gasteiger partial charge on any atom is 0.0465 e. The Morgan fingerprint density at radius 1 is 1.04 bits per heavy atom. The fraction of sp³-hybridized carbons (Fsp3) is 0.273. The fourth-order valence-corrected chi connectivity index (χ4v) is 4.51. The summed E-state index contributed by atoms with van der Waals surface area (Å²) in [6.45, 7) is 6.99. The summed E-state index contributed by atoms with van der Waals surface area (Å²) < 4.78 is 0. The van der Waals surface area contributed by atoms with Gasteiger partial charge in [0.2, 0.25) is 0 Å². The van der Waals surface area contributed by atoms with Crippen molar-refractivity contribution in [2.75, 3.05) is 0 Å². The van der Waals surface area contributed by atoms with Gasteiger partial charge in [-0.05, 0) is 40.8 Å². The summed E-state index contributed by atoms with van der Waals surface area (Å²) in [5, 5.41) is 1.37. The molecule has 1 N–H and O–H groups in total. The van der Waals surface area contributed by atoms with Gasteiger partial charge in [0.05, 0.1) is 0 Å². The molecule has 5 rings (SSSR count). The summed E-state index contributed by atoms with van der Waals surface area (Å²) in [6, 6.07) is 13.7. The molecule has 0 aliphatic heterocycles. The predicted molar refractivity (Wildman–Crippen MR) is 97.9 cm³/mol. The Labute approximate surface area is 137 Å². The van der Waals surface area contributed by atoms with Crippen LogP contribution in [-0.2, 0) is 5.41 Å². The van der Waals surface area contributed by atoms with E-state index in [0.717, 1.165) is 6.42 Å². The molecular weight excluding hydrogens is 278 g/mol. The lowest BCUT2D eigenvalue weighted by Crippen LogP contribution is -2.14. The van der Waals surface area contributed by atoms with Crippen LogP contribution in [-0.4, -0.2) is 4.98 Å². The van der Waals surface area contributed by atoms with E-state index in [1.807, 2.05) is 0 Å². The second kappa shape index (κ2) is 4.17. The van der Waals surface area contributed by atoms with Crippen LogP contribution in [0.4, 0.5) is 0 Å². The molecule has 1 heteroatoms. The number of aromatic amines is 1. The minimum Gasteiger partial charge on any atom is -0.358 e. The fourth-order valence-electron chi connectivity index (χ4n) is 4.51. The van der Waals surface area contributed by atoms with Gasteiger partial charge in [-0.2, -0.15) is 0 Å². The normalized spacial score (nSPS) is 20.4. The molecule has 0 bridgehead atoms. The molecule has 0 amide bonds. The van der Waals surface area contributed by atoms with Crippen LogP contribution in [0.3, 0.4) is 0 Å². The zero-order chi connectivity index (χ0) is 15.8. The number of aromatic nitrogens is 1. The van der Waals surface area contributed by atoms with Gasteiger partial charge in [-0.25, -0.2) is 0 Å². The third-order valence-electron chi connectivity index (χ3n) is 5.84. The zero-order valence-corrected chi connectivity index (χ0v) is 13.9. The molecule has 0 radical (unpaired) electrons. The first-order valence-corrected chi connectivity index (χ1v) is 8.54. The second-order valence-electron chi connectivity index (χ2n) is 7.61. The Balaban J connectivity index is 1.88. The number of nitrogens with one attached hydrogen (secondary N) is 1. The van der Waals surface area contributed by atoms with Crippen LogP contribution in [0.5, 0.6) is 0 Å². The van der Waals surface area contributed by atoms with E-state index in [1.165, 1.54) is 44.4 Å². The van der Waals surface area contributed by atoms with Crippen molar-refractivity contribution in [1.29, 1.82) is 0 Å². The maximum atomic E-state index is 3.71. The average molecular weight is 299 g/mol. The van der Waals surface area contributed by atoms with Crippen LogP contribution < -0.4 is 0 Å². The van der Waals surface area contributed by atoms with Crippen molar-refractivity contribution in [3.8, 4) is 11.1 Å². The van der Waals surface area contributed by atoms with Gasteiger partial charge in [0.25, 0.3) is 0 Å². The molecule has 2 aliphatic carbocycles. The molecule has 0 spiro atoms. The van der Waals surface area contributed by atoms with Gasteiger partial charge in [-0.15, -0.1) is 0 Å². The van der Waals surface area contributed by atoms with Gasteiger partial charge in [0.1, 0.15) is 0 Å². The summed E-state index contributed by atoms with van der Waals surface area (Å²) in [5.41, 5.74) is 9.85. The molecule has 1 heterocycles. The lowest BCUT2D eigenvalue weighted by Gasteiger charge is -2.21. The average Bonchev–Trinajstić information content (AvgIpc) is 3.02. The van der Waals surface area contributed by atoms with E-state index in [2.05, 4.69) is 74.3 Å². The molecule has 1 nitrogen and oxygen atoms in total. The lowest BCUT2D eigenvalue weighted by atomic mass is 9.82. The first-order valence-electron chi connectivity index (χ1n) is 8.54. The Morgan fingerprint density at radius 2 is 1.87 bits per heavy atom. The molecule has 23 heavy (non-hydrogen) atoms. The minimum atomic E-state index is 0.0766. The monoisotopic (exact) mass is 299 g/mol. The molecule has 0 saturated heterocycles. The smallest absolute Gasteiger partial charge is 0.0465 e. The van der Waals surface area contributed by atoms with Crippen molar-refractivity contribution in [2.45, 2.75) is 38.5 Å². The van der Waals surface area contributed by atoms with Gasteiger partial charge >= 0.3 is 0 Å². The number of rotatable bonds is 0. The third kappa shape index (κ3) is 1.57. The summed E-state index contributed by atoms with van der Waals surface area (Å²) in [4.78, 5) is 3.71. The van der Waals surface area contributed by atoms with Crippen LogP contribution in [0.25, 0.3) is 28.1 Å². The maximum absolute atomic E-state index is 3.71. The van der Waals surface area contributed by atoms with Gasteiger partial charge < -0.3 is 4.98 Å². The summed E-state index contributed by atoms with van der Waals surface area (Å²) >= 11 is 0. The van der Waals surface area contributed by atoms with Crippen LogP contribution in [0.1, 0.15) is 55.5 Å². The Morgan fingerprint density at radius 3 is 2.74 bits per heavy atom. The van der Waals surface area contributed by atoms with E-state index in [9.17, 15) is 0 Å². The Bertz CT molecular complexity index is 985. The van der Waals surface area contributed by atoms with Crippen LogP contribution >= 0.6 is 0 Å². The van der Waals surface area contributed by atoms with Crippen molar-refractivity contribution >= 4 is 17.0 Å². The molecule has 1 aromatic heterocycles. The van der Waals surface area contributed by atoms with E-state index in [-0.39, 0.29) is 5.41 Å². The van der Waals surface area contributed by atoms with Gasteiger partial charge in [0.15, 0.2) is 0 Å². The SMILES string of the molecule is CC1CC=Cc2c1[nH]c1cc3c(cc21)-c1ccccc1C3(C)C. The largest absolute Gasteiger partial charge is 0.358 e.